The van der Waals surface area contributed by atoms with Crippen LogP contribution in [0, 0.1) is 0 Å². The Labute approximate surface area is 81.5 Å². The van der Waals surface area contributed by atoms with Gasteiger partial charge in [-0.15, -0.1) is 0 Å². The van der Waals surface area contributed by atoms with E-state index in [1.807, 2.05) is 0 Å². The number of aliphatic hydroxyl groups is 1. The summed E-state index contributed by atoms with van der Waals surface area (Å²) in [5.41, 5.74) is 5.37. The first-order chi connectivity index (χ1) is 6.15. The molecule has 3 N–H and O–H groups in total. The van der Waals surface area contributed by atoms with Gasteiger partial charge in [0.1, 0.15) is 11.4 Å². The van der Waals surface area contributed by atoms with E-state index < -0.39 is 5.60 Å². The van der Waals surface area contributed by atoms with Crippen molar-refractivity contribution in [1.29, 1.82) is 0 Å². The van der Waals surface area contributed by atoms with Gasteiger partial charge in [-0.3, -0.25) is 0 Å². The molecule has 1 unspecified atom stereocenters. The highest BCUT2D eigenvalue weighted by Crippen LogP contribution is 2.37. The molecule has 4 heteroatoms. The Kier molecular flexibility index (Phi) is 2.10. The summed E-state index contributed by atoms with van der Waals surface area (Å²) >= 11 is 5.72. The molecule has 1 aliphatic carbocycles. The Hall–Kier alpha value is -0.510. The van der Waals surface area contributed by atoms with Gasteiger partial charge in [-0.05, 0) is 24.4 Å². The zero-order valence-electron chi connectivity index (χ0n) is 7.22. The molecule has 0 saturated carbocycles. The molecule has 1 atom stereocenters. The maximum Gasteiger partial charge on any atom is 0.193 e. The van der Waals surface area contributed by atoms with E-state index in [9.17, 15) is 5.11 Å². The van der Waals surface area contributed by atoms with Crippen LogP contribution < -0.4 is 5.73 Å². The van der Waals surface area contributed by atoms with Crippen molar-refractivity contribution in [3.8, 4) is 0 Å². The van der Waals surface area contributed by atoms with E-state index in [4.69, 9.17) is 21.8 Å². The van der Waals surface area contributed by atoms with E-state index in [0.717, 1.165) is 24.2 Å². The van der Waals surface area contributed by atoms with Crippen LogP contribution in [-0.2, 0) is 12.0 Å². The molecule has 0 spiro atoms. The number of hydrogen-bond donors (Lipinski definition) is 2. The molecule has 13 heavy (non-hydrogen) atoms. The maximum atomic E-state index is 10.1. The number of halogens is 1. The van der Waals surface area contributed by atoms with Gasteiger partial charge >= 0.3 is 0 Å². The molecular weight excluding hydrogens is 190 g/mol. The van der Waals surface area contributed by atoms with Crippen LogP contribution in [0.3, 0.4) is 0 Å². The smallest absolute Gasteiger partial charge is 0.193 e. The highest BCUT2D eigenvalue weighted by Gasteiger charge is 2.35. The predicted molar refractivity (Wildman–Crippen MR) is 49.6 cm³/mol. The van der Waals surface area contributed by atoms with Gasteiger partial charge in [0.25, 0.3) is 0 Å². The molecule has 0 fully saturated rings. The molecule has 1 aliphatic rings. The summed E-state index contributed by atoms with van der Waals surface area (Å²) in [7, 11) is 0. The summed E-state index contributed by atoms with van der Waals surface area (Å²) in [5, 5.41) is 10.4. The van der Waals surface area contributed by atoms with Gasteiger partial charge in [0, 0.05) is 24.6 Å². The highest BCUT2D eigenvalue weighted by atomic mass is 35.5. The molecule has 3 nitrogen and oxygen atoms in total. The van der Waals surface area contributed by atoms with Crippen LogP contribution in [0.4, 0.5) is 0 Å². The van der Waals surface area contributed by atoms with Gasteiger partial charge in [0.05, 0.1) is 0 Å². The number of hydrogen-bond acceptors (Lipinski definition) is 3. The van der Waals surface area contributed by atoms with Crippen molar-refractivity contribution in [2.24, 2.45) is 5.73 Å². The first kappa shape index (κ1) is 9.06. The first-order valence-corrected chi connectivity index (χ1v) is 4.75. The minimum atomic E-state index is -0.926. The van der Waals surface area contributed by atoms with Crippen molar-refractivity contribution in [3.63, 3.8) is 0 Å². The van der Waals surface area contributed by atoms with E-state index in [-0.39, 0.29) is 6.54 Å². The second kappa shape index (κ2) is 3.01. The fourth-order valence-electron chi connectivity index (χ4n) is 1.86. The van der Waals surface area contributed by atoms with Crippen molar-refractivity contribution in [2.45, 2.75) is 24.9 Å². The van der Waals surface area contributed by atoms with Crippen LogP contribution in [0.25, 0.3) is 0 Å². The lowest BCUT2D eigenvalue weighted by Gasteiger charge is -2.29. The standard InChI is InChI=1S/C9H12ClNO2/c10-8-4-6-7(13-8)2-1-3-9(6,12)5-11/h4,12H,1-3,5,11H2. The third-order valence-electron chi connectivity index (χ3n) is 2.61. The molecule has 72 valence electrons. The topological polar surface area (TPSA) is 59.4 Å². The molecule has 2 rings (SSSR count). The van der Waals surface area contributed by atoms with E-state index in [1.54, 1.807) is 6.07 Å². The summed E-state index contributed by atoms with van der Waals surface area (Å²) in [6, 6.07) is 1.67. The zero-order valence-corrected chi connectivity index (χ0v) is 7.97. The van der Waals surface area contributed by atoms with Crippen molar-refractivity contribution >= 4 is 11.6 Å². The Balaban J connectivity index is 2.47. The SMILES string of the molecule is NCC1(O)CCCc2oc(Cl)cc21. The number of aryl methyl sites for hydroxylation is 1. The van der Waals surface area contributed by atoms with Crippen molar-refractivity contribution < 1.29 is 9.52 Å². The molecule has 1 aromatic rings. The van der Waals surface area contributed by atoms with Crippen molar-refractivity contribution in [1.82, 2.24) is 0 Å². The molecule has 0 aliphatic heterocycles. The molecule has 0 bridgehead atoms. The number of rotatable bonds is 1. The molecule has 1 heterocycles. The Morgan fingerprint density at radius 1 is 1.69 bits per heavy atom. The monoisotopic (exact) mass is 201 g/mol. The Morgan fingerprint density at radius 3 is 3.15 bits per heavy atom. The molecular formula is C9H12ClNO2. The third kappa shape index (κ3) is 1.37. The van der Waals surface area contributed by atoms with Crippen molar-refractivity contribution in [2.75, 3.05) is 6.54 Å². The van der Waals surface area contributed by atoms with Crippen LogP contribution in [0.2, 0.25) is 5.22 Å². The van der Waals surface area contributed by atoms with Gasteiger partial charge in [-0.2, -0.15) is 0 Å². The van der Waals surface area contributed by atoms with E-state index in [2.05, 4.69) is 0 Å². The largest absolute Gasteiger partial charge is 0.449 e. The maximum absolute atomic E-state index is 10.1. The Bertz CT molecular complexity index is 323. The summed E-state index contributed by atoms with van der Waals surface area (Å²) in [6.45, 7) is 0.218. The van der Waals surface area contributed by atoms with E-state index >= 15 is 0 Å². The third-order valence-corrected chi connectivity index (χ3v) is 2.80. The molecule has 0 aromatic carbocycles. The van der Waals surface area contributed by atoms with Gasteiger partial charge in [0.2, 0.25) is 0 Å². The lowest BCUT2D eigenvalue weighted by Crippen LogP contribution is -2.37. The minimum Gasteiger partial charge on any atom is -0.449 e. The van der Waals surface area contributed by atoms with Gasteiger partial charge in [0.15, 0.2) is 5.22 Å². The van der Waals surface area contributed by atoms with Crippen molar-refractivity contribution in [3.05, 3.63) is 22.6 Å². The van der Waals surface area contributed by atoms with Gasteiger partial charge in [-0.1, -0.05) is 0 Å². The average Bonchev–Trinajstić information content (AvgIpc) is 2.48. The van der Waals surface area contributed by atoms with Crippen LogP contribution >= 0.6 is 11.6 Å². The summed E-state index contributed by atoms with van der Waals surface area (Å²) in [5.74, 6) is 0.782. The fourth-order valence-corrected chi connectivity index (χ4v) is 2.07. The van der Waals surface area contributed by atoms with Crippen LogP contribution in [0.5, 0.6) is 0 Å². The summed E-state index contributed by atoms with van der Waals surface area (Å²) < 4.78 is 5.25. The lowest BCUT2D eigenvalue weighted by atomic mass is 9.83. The van der Waals surface area contributed by atoms with Crippen LogP contribution in [-0.4, -0.2) is 11.7 Å². The number of furan rings is 1. The minimum absolute atomic E-state index is 0.218. The number of nitrogens with two attached hydrogens (primary N) is 1. The van der Waals surface area contributed by atoms with Gasteiger partial charge in [-0.25, -0.2) is 0 Å². The molecule has 0 amide bonds. The van der Waals surface area contributed by atoms with E-state index in [1.165, 1.54) is 0 Å². The quantitative estimate of drug-likeness (QED) is 0.723. The highest BCUT2D eigenvalue weighted by molar-refractivity contribution is 6.28. The van der Waals surface area contributed by atoms with Crippen LogP contribution in [0.1, 0.15) is 24.2 Å². The Morgan fingerprint density at radius 2 is 2.46 bits per heavy atom. The molecule has 1 aromatic heterocycles. The first-order valence-electron chi connectivity index (χ1n) is 4.37. The molecule has 0 radical (unpaired) electrons. The zero-order chi connectivity index (χ0) is 9.47. The normalized spacial score (nSPS) is 27.3. The lowest BCUT2D eigenvalue weighted by molar-refractivity contribution is 0.0257. The molecule has 0 saturated heterocycles. The second-order valence-electron chi connectivity index (χ2n) is 3.48. The second-order valence-corrected chi connectivity index (χ2v) is 3.85. The van der Waals surface area contributed by atoms with Crippen LogP contribution in [0.15, 0.2) is 10.5 Å². The van der Waals surface area contributed by atoms with Gasteiger partial charge < -0.3 is 15.3 Å². The fraction of sp³-hybridized carbons (Fsp3) is 0.556. The summed E-state index contributed by atoms with van der Waals surface area (Å²) in [6.07, 6.45) is 2.42. The van der Waals surface area contributed by atoms with E-state index in [0.29, 0.717) is 11.6 Å². The summed E-state index contributed by atoms with van der Waals surface area (Å²) in [4.78, 5) is 0. The average molecular weight is 202 g/mol. The predicted octanol–water partition coefficient (Wildman–Crippen LogP) is 1.42. The number of fused-ring (bicyclic) bond motifs is 1.